The fraction of sp³-hybridized carbons (Fsp3) is 0.250. The largest absolute Gasteiger partial charge is 0.504 e. The number of aliphatic hydroxyl groups is 1. The highest BCUT2D eigenvalue weighted by Gasteiger charge is 2.12. The van der Waals surface area contributed by atoms with E-state index in [9.17, 15) is 20.1 Å². The Labute approximate surface area is 157 Å². The Hall–Kier alpha value is -3.19. The van der Waals surface area contributed by atoms with Gasteiger partial charge in [0.1, 0.15) is 0 Å². The zero-order valence-electron chi connectivity index (χ0n) is 15.2. The molecule has 1 amide bonds. The number of rotatable bonds is 8. The SMILES string of the molecule is COc1cc(/C=C/C(=O)NC(CO)Cc2ccc(O)c(OC)c2)ccc1O. The Balaban J connectivity index is 2.00. The molecule has 1 unspecified atom stereocenters. The van der Waals surface area contributed by atoms with Crippen molar-refractivity contribution in [1.82, 2.24) is 5.32 Å². The van der Waals surface area contributed by atoms with E-state index in [1.807, 2.05) is 0 Å². The number of hydrogen-bond acceptors (Lipinski definition) is 6. The van der Waals surface area contributed by atoms with E-state index in [1.54, 1.807) is 30.3 Å². The van der Waals surface area contributed by atoms with Crippen LogP contribution in [0.3, 0.4) is 0 Å². The van der Waals surface area contributed by atoms with Gasteiger partial charge in [-0.05, 0) is 47.9 Å². The number of aromatic hydroxyl groups is 2. The molecule has 2 aromatic rings. The van der Waals surface area contributed by atoms with Crippen molar-refractivity contribution in [3.8, 4) is 23.0 Å². The minimum Gasteiger partial charge on any atom is -0.504 e. The number of benzene rings is 2. The van der Waals surface area contributed by atoms with Gasteiger partial charge in [0, 0.05) is 6.08 Å². The maximum absolute atomic E-state index is 12.1. The van der Waals surface area contributed by atoms with Crippen molar-refractivity contribution in [1.29, 1.82) is 0 Å². The van der Waals surface area contributed by atoms with Crippen LogP contribution in [0.1, 0.15) is 11.1 Å². The highest BCUT2D eigenvalue weighted by atomic mass is 16.5. The third kappa shape index (κ3) is 5.65. The summed E-state index contributed by atoms with van der Waals surface area (Å²) in [4.78, 5) is 12.1. The molecule has 0 aliphatic rings. The summed E-state index contributed by atoms with van der Waals surface area (Å²) in [5.74, 6) is 0.317. The fourth-order valence-corrected chi connectivity index (χ4v) is 2.51. The normalized spacial score (nSPS) is 12.0. The summed E-state index contributed by atoms with van der Waals surface area (Å²) in [6.45, 7) is -0.240. The second kappa shape index (κ2) is 9.49. The summed E-state index contributed by atoms with van der Waals surface area (Å²) in [5, 5.41) is 31.5. The van der Waals surface area contributed by atoms with Gasteiger partial charge >= 0.3 is 0 Å². The lowest BCUT2D eigenvalue weighted by atomic mass is 10.1. The lowest BCUT2D eigenvalue weighted by molar-refractivity contribution is -0.117. The molecule has 2 rings (SSSR count). The first-order valence-electron chi connectivity index (χ1n) is 8.29. The summed E-state index contributed by atoms with van der Waals surface area (Å²) < 4.78 is 10.1. The van der Waals surface area contributed by atoms with Crippen molar-refractivity contribution >= 4 is 12.0 Å². The third-order valence-corrected chi connectivity index (χ3v) is 3.92. The summed E-state index contributed by atoms with van der Waals surface area (Å²) in [7, 11) is 2.90. The van der Waals surface area contributed by atoms with Crippen LogP contribution >= 0.6 is 0 Å². The van der Waals surface area contributed by atoms with Gasteiger partial charge in [-0.1, -0.05) is 12.1 Å². The molecule has 0 spiro atoms. The first-order valence-corrected chi connectivity index (χ1v) is 8.29. The van der Waals surface area contributed by atoms with E-state index in [2.05, 4.69) is 5.32 Å². The van der Waals surface area contributed by atoms with Gasteiger partial charge in [-0.3, -0.25) is 4.79 Å². The molecule has 0 saturated heterocycles. The Morgan fingerprint density at radius 2 is 1.70 bits per heavy atom. The molecule has 0 heterocycles. The molecule has 0 saturated carbocycles. The minimum absolute atomic E-state index is 0.0174. The molecule has 144 valence electrons. The number of nitrogens with one attached hydrogen (secondary N) is 1. The van der Waals surface area contributed by atoms with Gasteiger partial charge in [0.05, 0.1) is 26.9 Å². The van der Waals surface area contributed by atoms with Crippen molar-refractivity contribution in [3.05, 3.63) is 53.6 Å². The van der Waals surface area contributed by atoms with Crippen LogP contribution in [0.2, 0.25) is 0 Å². The molecular weight excluding hydrogens is 350 g/mol. The average molecular weight is 373 g/mol. The van der Waals surface area contributed by atoms with Crippen LogP contribution in [0.15, 0.2) is 42.5 Å². The van der Waals surface area contributed by atoms with E-state index in [0.717, 1.165) is 5.56 Å². The van der Waals surface area contributed by atoms with Crippen LogP contribution in [0.5, 0.6) is 23.0 Å². The molecule has 4 N–H and O–H groups in total. The van der Waals surface area contributed by atoms with Crippen LogP contribution in [-0.4, -0.2) is 48.1 Å². The first kappa shape index (κ1) is 20.1. The van der Waals surface area contributed by atoms with Gasteiger partial charge in [-0.15, -0.1) is 0 Å². The van der Waals surface area contributed by atoms with Crippen molar-refractivity contribution < 1.29 is 29.6 Å². The van der Waals surface area contributed by atoms with Gasteiger partial charge < -0.3 is 30.1 Å². The zero-order valence-corrected chi connectivity index (χ0v) is 15.2. The van der Waals surface area contributed by atoms with Crippen LogP contribution in [0.25, 0.3) is 6.08 Å². The number of ether oxygens (including phenoxy) is 2. The van der Waals surface area contributed by atoms with E-state index < -0.39 is 6.04 Å². The molecule has 0 aliphatic carbocycles. The van der Waals surface area contributed by atoms with Gasteiger partial charge in [-0.2, -0.15) is 0 Å². The lowest BCUT2D eigenvalue weighted by Crippen LogP contribution is -2.38. The molecule has 27 heavy (non-hydrogen) atoms. The summed E-state index contributed by atoms with van der Waals surface area (Å²) >= 11 is 0. The molecule has 2 aromatic carbocycles. The number of carbonyl (C=O) groups excluding carboxylic acids is 1. The monoisotopic (exact) mass is 373 g/mol. The maximum Gasteiger partial charge on any atom is 0.244 e. The number of amides is 1. The highest BCUT2D eigenvalue weighted by Crippen LogP contribution is 2.27. The Kier molecular flexibility index (Phi) is 7.08. The number of carbonyl (C=O) groups is 1. The lowest BCUT2D eigenvalue weighted by Gasteiger charge is -2.16. The smallest absolute Gasteiger partial charge is 0.244 e. The molecule has 1 atom stereocenters. The number of phenols is 2. The first-order chi connectivity index (χ1) is 13.0. The molecular formula is C20H23NO6. The van der Waals surface area contributed by atoms with E-state index in [-0.39, 0.29) is 24.0 Å². The number of methoxy groups -OCH3 is 2. The molecule has 0 bridgehead atoms. The van der Waals surface area contributed by atoms with Crippen LogP contribution in [0.4, 0.5) is 0 Å². The van der Waals surface area contributed by atoms with Crippen molar-refractivity contribution in [3.63, 3.8) is 0 Å². The zero-order chi connectivity index (χ0) is 19.8. The van der Waals surface area contributed by atoms with Crippen LogP contribution < -0.4 is 14.8 Å². The number of hydrogen-bond donors (Lipinski definition) is 4. The molecule has 0 aliphatic heterocycles. The average Bonchev–Trinajstić information content (AvgIpc) is 2.68. The van der Waals surface area contributed by atoms with Crippen molar-refractivity contribution in [2.45, 2.75) is 12.5 Å². The number of phenolic OH excluding ortho intramolecular Hbond substituents is 2. The molecule has 7 heteroatoms. The van der Waals surface area contributed by atoms with Crippen LogP contribution in [0, 0.1) is 0 Å². The summed E-state index contributed by atoms with van der Waals surface area (Å²) in [6.07, 6.45) is 3.29. The van der Waals surface area contributed by atoms with Crippen molar-refractivity contribution in [2.24, 2.45) is 0 Å². The molecule has 7 nitrogen and oxygen atoms in total. The van der Waals surface area contributed by atoms with Gasteiger partial charge in [-0.25, -0.2) is 0 Å². The summed E-state index contributed by atoms with van der Waals surface area (Å²) in [5.41, 5.74) is 1.49. The topological polar surface area (TPSA) is 108 Å². The van der Waals surface area contributed by atoms with E-state index >= 15 is 0 Å². The predicted molar refractivity (Wildman–Crippen MR) is 101 cm³/mol. The fourth-order valence-electron chi connectivity index (χ4n) is 2.51. The van der Waals surface area contributed by atoms with E-state index in [0.29, 0.717) is 23.5 Å². The highest BCUT2D eigenvalue weighted by molar-refractivity contribution is 5.92. The predicted octanol–water partition coefficient (Wildman–Crippen LogP) is 1.85. The second-order valence-corrected chi connectivity index (χ2v) is 5.86. The van der Waals surface area contributed by atoms with Gasteiger partial charge in [0.25, 0.3) is 0 Å². The summed E-state index contributed by atoms with van der Waals surface area (Å²) in [6, 6.07) is 9.09. The van der Waals surface area contributed by atoms with Crippen molar-refractivity contribution in [2.75, 3.05) is 20.8 Å². The molecule has 0 radical (unpaired) electrons. The van der Waals surface area contributed by atoms with E-state index in [1.165, 1.54) is 32.4 Å². The Bertz CT molecular complexity index is 818. The Morgan fingerprint density at radius 1 is 1.07 bits per heavy atom. The quantitative estimate of drug-likeness (QED) is 0.526. The van der Waals surface area contributed by atoms with Gasteiger partial charge in [0.2, 0.25) is 5.91 Å². The van der Waals surface area contributed by atoms with Crippen LogP contribution in [-0.2, 0) is 11.2 Å². The Morgan fingerprint density at radius 3 is 2.33 bits per heavy atom. The standard InChI is InChI=1S/C20H23NO6/c1-26-18-10-13(3-6-16(18)23)5-8-20(25)21-15(12-22)9-14-4-7-17(24)19(11-14)27-2/h3-8,10-11,15,22-24H,9,12H2,1-2H3,(H,21,25)/b8-5+. The third-order valence-electron chi connectivity index (χ3n) is 3.92. The minimum atomic E-state index is -0.495. The molecule has 0 aromatic heterocycles. The molecule has 0 fully saturated rings. The second-order valence-electron chi connectivity index (χ2n) is 5.86. The van der Waals surface area contributed by atoms with E-state index in [4.69, 9.17) is 9.47 Å². The number of aliphatic hydroxyl groups excluding tert-OH is 1. The van der Waals surface area contributed by atoms with Gasteiger partial charge in [0.15, 0.2) is 23.0 Å². The maximum atomic E-state index is 12.1.